The fourth-order valence-electron chi connectivity index (χ4n) is 6.33. The maximum atomic E-state index is 5.11. The smallest absolute Gasteiger partial charge is 0.164 e. The molecule has 0 amide bonds. The van der Waals surface area contributed by atoms with Crippen LogP contribution < -0.4 is 0 Å². The lowest BCUT2D eigenvalue weighted by molar-refractivity contribution is 1.07. The minimum absolute atomic E-state index is 0.612. The molecule has 2 heterocycles. The fourth-order valence-corrected chi connectivity index (χ4v) is 7.27. The Balaban J connectivity index is 1.07. The molecule has 0 bridgehead atoms. The molecule has 9 rings (SSSR count). The molecule has 4 nitrogen and oxygen atoms in total. The first kappa shape index (κ1) is 30.5. The van der Waals surface area contributed by atoms with Gasteiger partial charge in [0.2, 0.25) is 0 Å². The van der Waals surface area contributed by atoms with Crippen molar-refractivity contribution in [1.82, 2.24) is 19.9 Å². The van der Waals surface area contributed by atoms with Crippen molar-refractivity contribution in [3.05, 3.63) is 182 Å². The Morgan fingerprint density at radius 3 is 1.27 bits per heavy atom. The topological polar surface area (TPSA) is 51.6 Å². The Labute approximate surface area is 300 Å². The molecule has 5 heteroatoms. The third-order valence-electron chi connectivity index (χ3n) is 8.98. The highest BCUT2D eigenvalue weighted by molar-refractivity contribution is 7.21. The standard InChI is InChI=1S/C46H30N4S/c1-4-12-31(13-5-1)33-22-24-34(25-23-33)37-19-11-21-40(29-37)46-47-41-30-39(26-27-42(41)51-46)45-49-43(35-16-8-3-9-17-35)48-44(50-45)38-20-10-18-36(28-38)32-14-6-2-7-15-32/h1-30H. The summed E-state index contributed by atoms with van der Waals surface area (Å²) in [6, 6.07) is 63.0. The predicted octanol–water partition coefficient (Wildman–Crippen LogP) is 12.2. The molecule has 0 saturated heterocycles. The summed E-state index contributed by atoms with van der Waals surface area (Å²) in [5.74, 6) is 1.87. The molecule has 7 aromatic carbocycles. The molecule has 0 aliphatic carbocycles. The second-order valence-electron chi connectivity index (χ2n) is 12.3. The summed E-state index contributed by atoms with van der Waals surface area (Å²) < 4.78 is 1.11. The van der Waals surface area contributed by atoms with Gasteiger partial charge in [-0.1, -0.05) is 152 Å². The summed E-state index contributed by atoms with van der Waals surface area (Å²) in [5, 5.41) is 0.976. The summed E-state index contributed by atoms with van der Waals surface area (Å²) in [6.07, 6.45) is 0. The molecular formula is C46H30N4S. The second kappa shape index (κ2) is 13.4. The van der Waals surface area contributed by atoms with Crippen LogP contribution in [0.2, 0.25) is 0 Å². The Kier molecular flexibility index (Phi) is 8.01. The van der Waals surface area contributed by atoms with Gasteiger partial charge >= 0.3 is 0 Å². The van der Waals surface area contributed by atoms with Gasteiger partial charge in [-0.3, -0.25) is 0 Å². The van der Waals surface area contributed by atoms with E-state index in [1.807, 2.05) is 42.5 Å². The van der Waals surface area contributed by atoms with Crippen molar-refractivity contribution in [2.75, 3.05) is 0 Å². The number of benzene rings is 7. The van der Waals surface area contributed by atoms with Gasteiger partial charge in [-0.15, -0.1) is 11.3 Å². The van der Waals surface area contributed by atoms with Crippen LogP contribution >= 0.6 is 11.3 Å². The molecule has 0 saturated carbocycles. The molecule has 51 heavy (non-hydrogen) atoms. The zero-order chi connectivity index (χ0) is 34.0. The number of rotatable bonds is 7. The largest absolute Gasteiger partial charge is 0.236 e. The zero-order valence-electron chi connectivity index (χ0n) is 27.5. The van der Waals surface area contributed by atoms with E-state index in [-0.39, 0.29) is 0 Å². The predicted molar refractivity (Wildman–Crippen MR) is 211 cm³/mol. The summed E-state index contributed by atoms with van der Waals surface area (Å²) in [6.45, 7) is 0. The van der Waals surface area contributed by atoms with Gasteiger partial charge in [-0.2, -0.15) is 0 Å². The van der Waals surface area contributed by atoms with E-state index in [4.69, 9.17) is 19.9 Å². The van der Waals surface area contributed by atoms with Gasteiger partial charge in [0.05, 0.1) is 10.2 Å². The van der Waals surface area contributed by atoms with Gasteiger partial charge < -0.3 is 0 Å². The van der Waals surface area contributed by atoms with E-state index in [1.165, 1.54) is 16.7 Å². The zero-order valence-corrected chi connectivity index (χ0v) is 28.3. The molecule has 0 unspecified atom stereocenters. The van der Waals surface area contributed by atoms with E-state index in [9.17, 15) is 0 Å². The first-order valence-electron chi connectivity index (χ1n) is 16.9. The van der Waals surface area contributed by atoms with Crippen molar-refractivity contribution in [1.29, 1.82) is 0 Å². The van der Waals surface area contributed by atoms with Crippen LogP contribution in [-0.4, -0.2) is 19.9 Å². The summed E-state index contributed by atoms with van der Waals surface area (Å²) >= 11 is 1.69. The van der Waals surface area contributed by atoms with Gasteiger partial charge in [0.15, 0.2) is 17.5 Å². The highest BCUT2D eigenvalue weighted by atomic mass is 32.1. The molecule has 240 valence electrons. The number of hydrogen-bond acceptors (Lipinski definition) is 5. The SMILES string of the molecule is c1ccc(-c2ccc(-c3cccc(-c4nc5cc(-c6nc(-c7ccccc7)nc(-c7cccc(-c8ccccc8)c7)n6)ccc5s4)c3)cc2)cc1. The quantitative estimate of drug-likeness (QED) is 0.169. The van der Waals surface area contributed by atoms with Crippen LogP contribution in [0.5, 0.6) is 0 Å². The number of fused-ring (bicyclic) bond motifs is 1. The maximum Gasteiger partial charge on any atom is 0.164 e. The first-order chi connectivity index (χ1) is 25.2. The van der Waals surface area contributed by atoms with Crippen LogP contribution in [0.25, 0.3) is 88.3 Å². The van der Waals surface area contributed by atoms with Gasteiger partial charge in [-0.05, 0) is 63.7 Å². The van der Waals surface area contributed by atoms with Crippen molar-refractivity contribution < 1.29 is 0 Å². The molecule has 0 atom stereocenters. The minimum atomic E-state index is 0.612. The van der Waals surface area contributed by atoms with Crippen LogP contribution in [0.15, 0.2) is 182 Å². The van der Waals surface area contributed by atoms with E-state index in [0.29, 0.717) is 17.5 Å². The average Bonchev–Trinajstić information content (AvgIpc) is 3.66. The van der Waals surface area contributed by atoms with E-state index in [0.717, 1.165) is 54.2 Å². The Morgan fingerprint density at radius 2 is 0.667 bits per heavy atom. The highest BCUT2D eigenvalue weighted by Gasteiger charge is 2.15. The second-order valence-corrected chi connectivity index (χ2v) is 13.4. The van der Waals surface area contributed by atoms with Crippen LogP contribution in [-0.2, 0) is 0 Å². The molecule has 0 radical (unpaired) electrons. The highest BCUT2D eigenvalue weighted by Crippen LogP contribution is 2.35. The van der Waals surface area contributed by atoms with E-state index in [2.05, 4.69) is 140 Å². The molecule has 9 aromatic rings. The van der Waals surface area contributed by atoms with Crippen LogP contribution in [0.3, 0.4) is 0 Å². The fraction of sp³-hybridized carbons (Fsp3) is 0. The van der Waals surface area contributed by atoms with Crippen molar-refractivity contribution in [3.8, 4) is 78.1 Å². The number of aromatic nitrogens is 4. The third kappa shape index (κ3) is 6.34. The maximum absolute atomic E-state index is 5.11. The molecular weight excluding hydrogens is 641 g/mol. The van der Waals surface area contributed by atoms with Crippen molar-refractivity contribution in [2.45, 2.75) is 0 Å². The minimum Gasteiger partial charge on any atom is -0.236 e. The van der Waals surface area contributed by atoms with Gasteiger partial charge in [-0.25, -0.2) is 19.9 Å². The van der Waals surface area contributed by atoms with Gasteiger partial charge in [0, 0.05) is 22.3 Å². The molecule has 0 N–H and O–H groups in total. The summed E-state index contributed by atoms with van der Waals surface area (Å²) in [4.78, 5) is 20.1. The number of hydrogen-bond donors (Lipinski definition) is 0. The van der Waals surface area contributed by atoms with Crippen LogP contribution in [0.4, 0.5) is 0 Å². The number of thiazole rings is 1. The molecule has 0 aliphatic heterocycles. The van der Waals surface area contributed by atoms with E-state index >= 15 is 0 Å². The number of nitrogens with zero attached hydrogens (tertiary/aromatic N) is 4. The Hall–Kier alpha value is -6.56. The summed E-state index contributed by atoms with van der Waals surface area (Å²) in [5.41, 5.74) is 11.8. The van der Waals surface area contributed by atoms with Crippen LogP contribution in [0, 0.1) is 0 Å². The lowest BCUT2D eigenvalue weighted by Gasteiger charge is -2.09. The van der Waals surface area contributed by atoms with Crippen molar-refractivity contribution in [2.24, 2.45) is 0 Å². The molecule has 0 fully saturated rings. The Bertz CT molecular complexity index is 2620. The van der Waals surface area contributed by atoms with E-state index < -0.39 is 0 Å². The van der Waals surface area contributed by atoms with Crippen LogP contribution in [0.1, 0.15) is 0 Å². The van der Waals surface area contributed by atoms with Gasteiger partial charge in [0.25, 0.3) is 0 Å². The lowest BCUT2D eigenvalue weighted by Crippen LogP contribution is -2.00. The van der Waals surface area contributed by atoms with Crippen molar-refractivity contribution >= 4 is 21.6 Å². The molecule has 2 aromatic heterocycles. The summed E-state index contributed by atoms with van der Waals surface area (Å²) in [7, 11) is 0. The molecule has 0 spiro atoms. The third-order valence-corrected chi connectivity index (χ3v) is 10.1. The lowest BCUT2D eigenvalue weighted by atomic mass is 9.99. The Morgan fingerprint density at radius 1 is 0.275 bits per heavy atom. The van der Waals surface area contributed by atoms with Gasteiger partial charge in [0.1, 0.15) is 5.01 Å². The first-order valence-corrected chi connectivity index (χ1v) is 17.7. The van der Waals surface area contributed by atoms with E-state index in [1.54, 1.807) is 11.3 Å². The van der Waals surface area contributed by atoms with Crippen molar-refractivity contribution in [3.63, 3.8) is 0 Å². The average molecular weight is 671 g/mol. The monoisotopic (exact) mass is 670 g/mol. The normalized spacial score (nSPS) is 11.1. The molecule has 0 aliphatic rings.